The summed E-state index contributed by atoms with van der Waals surface area (Å²) in [5, 5.41) is 4.18. The number of benzene rings is 1. The van der Waals surface area contributed by atoms with Crippen LogP contribution in [0.4, 0.5) is 17.6 Å². The summed E-state index contributed by atoms with van der Waals surface area (Å²) < 4.78 is 5.31. The molecule has 1 aliphatic rings. The molecule has 0 aliphatic carbocycles. The highest BCUT2D eigenvalue weighted by Gasteiger charge is 2.16. The Labute approximate surface area is 142 Å². The van der Waals surface area contributed by atoms with Crippen molar-refractivity contribution < 1.29 is 4.74 Å². The van der Waals surface area contributed by atoms with Crippen molar-refractivity contribution in [1.82, 2.24) is 15.0 Å². The molecule has 0 bridgehead atoms. The number of anilines is 3. The summed E-state index contributed by atoms with van der Waals surface area (Å²) in [6.45, 7) is 2.69. The lowest BCUT2D eigenvalue weighted by molar-refractivity contribution is 0.122. The van der Waals surface area contributed by atoms with E-state index >= 15 is 0 Å². The third-order valence-electron chi connectivity index (χ3n) is 3.01. The second-order valence-electron chi connectivity index (χ2n) is 4.61. The van der Waals surface area contributed by atoms with Gasteiger partial charge < -0.3 is 15.0 Å². The Balaban J connectivity index is 1.85. The van der Waals surface area contributed by atoms with Crippen LogP contribution in [0.3, 0.4) is 0 Å². The van der Waals surface area contributed by atoms with Crippen LogP contribution >= 0.6 is 34.8 Å². The van der Waals surface area contributed by atoms with Crippen LogP contribution in [0.15, 0.2) is 18.2 Å². The average molecular weight is 361 g/mol. The lowest BCUT2D eigenvalue weighted by Crippen LogP contribution is -2.37. The van der Waals surface area contributed by atoms with Crippen molar-refractivity contribution >= 4 is 52.4 Å². The smallest absolute Gasteiger partial charge is 0.233 e. The minimum Gasteiger partial charge on any atom is -0.378 e. The van der Waals surface area contributed by atoms with E-state index in [-0.39, 0.29) is 5.28 Å². The summed E-state index contributed by atoms with van der Waals surface area (Å²) in [5.41, 5.74) is 0.674. The van der Waals surface area contributed by atoms with Crippen molar-refractivity contribution in [2.24, 2.45) is 0 Å². The van der Waals surface area contributed by atoms with Gasteiger partial charge in [0.05, 0.1) is 13.2 Å². The number of hydrogen-bond donors (Lipinski definition) is 1. The number of nitrogens with zero attached hydrogens (tertiary/aromatic N) is 4. The van der Waals surface area contributed by atoms with Gasteiger partial charge in [-0.05, 0) is 29.8 Å². The molecule has 0 radical (unpaired) electrons. The van der Waals surface area contributed by atoms with Gasteiger partial charge in [0.1, 0.15) is 0 Å². The van der Waals surface area contributed by atoms with E-state index in [2.05, 4.69) is 20.3 Å². The van der Waals surface area contributed by atoms with Gasteiger partial charge in [-0.15, -0.1) is 0 Å². The van der Waals surface area contributed by atoms with E-state index in [0.29, 0.717) is 53.9 Å². The van der Waals surface area contributed by atoms with Gasteiger partial charge in [0.25, 0.3) is 0 Å². The van der Waals surface area contributed by atoms with Gasteiger partial charge in [-0.2, -0.15) is 15.0 Å². The van der Waals surface area contributed by atoms with Gasteiger partial charge in [0, 0.05) is 28.8 Å². The van der Waals surface area contributed by atoms with E-state index in [1.165, 1.54) is 0 Å². The standard InChI is InChI=1S/C13H12Cl3N5O/c14-8-5-9(15)7-10(6-8)17-12-18-11(16)19-13(20-12)21-1-3-22-4-2-21/h5-7H,1-4H2,(H,17,18,19,20). The lowest BCUT2D eigenvalue weighted by Gasteiger charge is -2.26. The molecule has 1 fully saturated rings. The minimum absolute atomic E-state index is 0.118. The second-order valence-corrected chi connectivity index (χ2v) is 5.82. The maximum absolute atomic E-state index is 5.99. The molecule has 1 aromatic heterocycles. The number of halogens is 3. The van der Waals surface area contributed by atoms with Crippen LogP contribution in [0.1, 0.15) is 0 Å². The molecule has 1 aliphatic heterocycles. The molecule has 1 aromatic carbocycles. The summed E-state index contributed by atoms with van der Waals surface area (Å²) in [6, 6.07) is 5.09. The first kappa shape index (κ1) is 15.6. The third-order valence-corrected chi connectivity index (χ3v) is 3.61. The Hall–Kier alpha value is -1.34. The number of morpholine rings is 1. The maximum Gasteiger partial charge on any atom is 0.233 e. The normalized spacial score (nSPS) is 15.0. The summed E-state index contributed by atoms with van der Waals surface area (Å²) in [5.74, 6) is 0.846. The van der Waals surface area contributed by atoms with Gasteiger partial charge in [-0.25, -0.2) is 0 Å². The maximum atomic E-state index is 5.99. The Morgan fingerprint density at radius 1 is 0.955 bits per heavy atom. The molecule has 116 valence electrons. The first-order valence-electron chi connectivity index (χ1n) is 6.57. The molecular weight excluding hydrogens is 349 g/mol. The van der Waals surface area contributed by atoms with E-state index in [1.54, 1.807) is 18.2 Å². The van der Waals surface area contributed by atoms with Crippen LogP contribution in [-0.2, 0) is 4.74 Å². The average Bonchev–Trinajstić information content (AvgIpc) is 2.46. The van der Waals surface area contributed by atoms with Gasteiger partial charge in [-0.1, -0.05) is 23.2 Å². The van der Waals surface area contributed by atoms with Crippen molar-refractivity contribution in [3.05, 3.63) is 33.5 Å². The van der Waals surface area contributed by atoms with E-state index in [4.69, 9.17) is 39.5 Å². The van der Waals surface area contributed by atoms with Crippen LogP contribution < -0.4 is 10.2 Å². The Kier molecular flexibility index (Phi) is 4.83. The highest BCUT2D eigenvalue weighted by atomic mass is 35.5. The van der Waals surface area contributed by atoms with Crippen molar-refractivity contribution in [3.8, 4) is 0 Å². The predicted octanol–water partition coefficient (Wildman–Crippen LogP) is 3.41. The highest BCUT2D eigenvalue weighted by molar-refractivity contribution is 6.35. The zero-order chi connectivity index (χ0) is 15.5. The number of rotatable bonds is 3. The molecule has 0 spiro atoms. The largest absolute Gasteiger partial charge is 0.378 e. The van der Waals surface area contributed by atoms with Crippen LogP contribution in [0.5, 0.6) is 0 Å². The Morgan fingerprint density at radius 3 is 2.32 bits per heavy atom. The molecule has 3 rings (SSSR count). The fourth-order valence-electron chi connectivity index (χ4n) is 2.06. The van der Waals surface area contributed by atoms with Crippen molar-refractivity contribution in [2.75, 3.05) is 36.5 Å². The fraction of sp³-hybridized carbons (Fsp3) is 0.308. The van der Waals surface area contributed by atoms with Crippen molar-refractivity contribution in [1.29, 1.82) is 0 Å². The van der Waals surface area contributed by atoms with Crippen LogP contribution in [0.2, 0.25) is 15.3 Å². The summed E-state index contributed by atoms with van der Waals surface area (Å²) in [6.07, 6.45) is 0. The quantitative estimate of drug-likeness (QED) is 0.905. The number of hydrogen-bond acceptors (Lipinski definition) is 6. The number of nitrogens with one attached hydrogen (secondary N) is 1. The summed E-state index contributed by atoms with van der Waals surface area (Å²) in [7, 11) is 0. The van der Waals surface area contributed by atoms with Crippen LogP contribution in [-0.4, -0.2) is 41.3 Å². The molecule has 2 heterocycles. The molecule has 1 saturated heterocycles. The predicted molar refractivity (Wildman–Crippen MR) is 87.6 cm³/mol. The van der Waals surface area contributed by atoms with Gasteiger partial charge in [0.2, 0.25) is 17.2 Å². The topological polar surface area (TPSA) is 63.2 Å². The van der Waals surface area contributed by atoms with Crippen molar-refractivity contribution in [2.45, 2.75) is 0 Å². The van der Waals surface area contributed by atoms with E-state index in [9.17, 15) is 0 Å². The third kappa shape index (κ3) is 3.89. The molecule has 2 aromatic rings. The van der Waals surface area contributed by atoms with Crippen LogP contribution in [0.25, 0.3) is 0 Å². The highest BCUT2D eigenvalue weighted by Crippen LogP contribution is 2.25. The van der Waals surface area contributed by atoms with Gasteiger partial charge >= 0.3 is 0 Å². The van der Waals surface area contributed by atoms with E-state index in [1.807, 2.05) is 4.90 Å². The molecule has 0 atom stereocenters. The zero-order valence-electron chi connectivity index (χ0n) is 11.4. The summed E-state index contributed by atoms with van der Waals surface area (Å²) in [4.78, 5) is 14.6. The molecule has 1 N–H and O–H groups in total. The molecular formula is C13H12Cl3N5O. The van der Waals surface area contributed by atoms with Crippen LogP contribution in [0, 0.1) is 0 Å². The molecule has 0 unspecified atom stereocenters. The Bertz CT molecular complexity index is 658. The molecule has 9 heteroatoms. The molecule has 6 nitrogen and oxygen atoms in total. The second kappa shape index (κ2) is 6.83. The van der Waals surface area contributed by atoms with Gasteiger partial charge in [0.15, 0.2) is 0 Å². The zero-order valence-corrected chi connectivity index (χ0v) is 13.7. The fourth-order valence-corrected chi connectivity index (χ4v) is 2.74. The minimum atomic E-state index is 0.118. The van der Waals surface area contributed by atoms with Crippen molar-refractivity contribution in [3.63, 3.8) is 0 Å². The Morgan fingerprint density at radius 2 is 1.64 bits per heavy atom. The lowest BCUT2D eigenvalue weighted by atomic mass is 10.3. The first-order chi connectivity index (χ1) is 10.6. The molecule has 22 heavy (non-hydrogen) atoms. The molecule has 0 saturated carbocycles. The number of ether oxygens (including phenoxy) is 1. The monoisotopic (exact) mass is 359 g/mol. The molecule has 0 amide bonds. The summed E-state index contributed by atoms with van der Waals surface area (Å²) >= 11 is 17.9. The van der Waals surface area contributed by atoms with E-state index in [0.717, 1.165) is 0 Å². The SMILES string of the molecule is Clc1cc(Cl)cc(Nc2nc(Cl)nc(N3CCOCC3)n2)c1. The van der Waals surface area contributed by atoms with E-state index < -0.39 is 0 Å². The number of aromatic nitrogens is 3. The first-order valence-corrected chi connectivity index (χ1v) is 7.71. The van der Waals surface area contributed by atoms with Gasteiger partial charge in [-0.3, -0.25) is 0 Å².